The van der Waals surface area contributed by atoms with Gasteiger partial charge in [0.05, 0.1) is 6.07 Å². The lowest BCUT2D eigenvalue weighted by Gasteiger charge is -2.37. The van der Waals surface area contributed by atoms with E-state index in [1.54, 1.807) is 0 Å². The van der Waals surface area contributed by atoms with Crippen molar-refractivity contribution in [2.75, 3.05) is 13.6 Å². The highest BCUT2D eigenvalue weighted by Gasteiger charge is 2.26. The molecule has 2 unspecified atom stereocenters. The molecule has 0 radical (unpaired) electrons. The van der Waals surface area contributed by atoms with E-state index >= 15 is 0 Å². The zero-order valence-corrected chi connectivity index (χ0v) is 9.50. The Morgan fingerprint density at radius 2 is 2.07 bits per heavy atom. The number of hydrogen-bond acceptors (Lipinski definition) is 2. The van der Waals surface area contributed by atoms with E-state index in [1.807, 2.05) is 0 Å². The lowest BCUT2D eigenvalue weighted by Crippen LogP contribution is -2.40. The Morgan fingerprint density at radius 3 is 2.71 bits per heavy atom. The maximum Gasteiger partial charge on any atom is 0.0635 e. The molecule has 14 heavy (non-hydrogen) atoms. The van der Waals surface area contributed by atoms with Crippen molar-refractivity contribution >= 4 is 0 Å². The summed E-state index contributed by atoms with van der Waals surface area (Å²) >= 11 is 0. The van der Waals surface area contributed by atoms with Gasteiger partial charge in [0.1, 0.15) is 0 Å². The van der Waals surface area contributed by atoms with E-state index in [0.717, 1.165) is 18.5 Å². The van der Waals surface area contributed by atoms with Gasteiger partial charge in [0, 0.05) is 19.0 Å². The number of rotatable bonds is 4. The third-order valence-electron chi connectivity index (χ3n) is 3.54. The third-order valence-corrected chi connectivity index (χ3v) is 3.54. The van der Waals surface area contributed by atoms with Crippen LogP contribution in [0.2, 0.25) is 0 Å². The van der Waals surface area contributed by atoms with Gasteiger partial charge in [-0.2, -0.15) is 5.26 Å². The fourth-order valence-electron chi connectivity index (χ4n) is 2.64. The number of nitriles is 1. The molecule has 0 saturated heterocycles. The van der Waals surface area contributed by atoms with E-state index < -0.39 is 0 Å². The van der Waals surface area contributed by atoms with Crippen molar-refractivity contribution in [3.63, 3.8) is 0 Å². The van der Waals surface area contributed by atoms with Crippen LogP contribution >= 0.6 is 0 Å². The van der Waals surface area contributed by atoms with E-state index in [-0.39, 0.29) is 0 Å². The first kappa shape index (κ1) is 11.5. The quantitative estimate of drug-likeness (QED) is 0.688. The van der Waals surface area contributed by atoms with Crippen LogP contribution in [0.3, 0.4) is 0 Å². The fraction of sp³-hybridized carbons (Fsp3) is 0.917. The smallest absolute Gasteiger partial charge is 0.0635 e. The first-order valence-electron chi connectivity index (χ1n) is 5.86. The van der Waals surface area contributed by atoms with Crippen LogP contribution in [0.5, 0.6) is 0 Å². The Hall–Kier alpha value is -0.550. The molecule has 0 amide bonds. The molecule has 0 N–H and O–H groups in total. The minimum Gasteiger partial charge on any atom is -0.302 e. The van der Waals surface area contributed by atoms with E-state index in [4.69, 9.17) is 5.26 Å². The minimum atomic E-state index is 0.670. The van der Waals surface area contributed by atoms with Gasteiger partial charge in [-0.25, -0.2) is 0 Å². The van der Waals surface area contributed by atoms with Crippen molar-refractivity contribution in [1.29, 1.82) is 5.26 Å². The highest BCUT2D eigenvalue weighted by molar-refractivity contribution is 4.83. The average molecular weight is 194 g/mol. The van der Waals surface area contributed by atoms with Gasteiger partial charge in [-0.1, -0.05) is 26.2 Å². The zero-order chi connectivity index (χ0) is 10.4. The largest absolute Gasteiger partial charge is 0.302 e. The molecule has 1 aliphatic carbocycles. The third kappa shape index (κ3) is 2.99. The van der Waals surface area contributed by atoms with Crippen molar-refractivity contribution in [2.45, 2.75) is 51.5 Å². The molecular formula is C12H22N2. The number of hydrogen-bond donors (Lipinski definition) is 0. The molecule has 0 aliphatic heterocycles. The molecule has 0 aromatic rings. The van der Waals surface area contributed by atoms with E-state index in [2.05, 4.69) is 24.9 Å². The molecular weight excluding hydrogens is 172 g/mol. The molecule has 0 spiro atoms. The van der Waals surface area contributed by atoms with Crippen molar-refractivity contribution < 1.29 is 0 Å². The summed E-state index contributed by atoms with van der Waals surface area (Å²) in [4.78, 5) is 2.40. The van der Waals surface area contributed by atoms with Crippen molar-refractivity contribution in [1.82, 2.24) is 4.90 Å². The second kappa shape index (κ2) is 6.03. The lowest BCUT2D eigenvalue weighted by atomic mass is 9.82. The van der Waals surface area contributed by atoms with Gasteiger partial charge in [0.15, 0.2) is 0 Å². The maximum atomic E-state index is 8.56. The molecule has 1 rings (SSSR count). The normalized spacial score (nSPS) is 27.6. The molecule has 1 aliphatic rings. The molecule has 2 nitrogen and oxygen atoms in total. The van der Waals surface area contributed by atoms with Gasteiger partial charge in [0.2, 0.25) is 0 Å². The SMILES string of the molecule is CCC1CCCCC1N(C)CCC#N. The Labute approximate surface area is 87.9 Å². The van der Waals surface area contributed by atoms with Crippen LogP contribution in [0.15, 0.2) is 0 Å². The van der Waals surface area contributed by atoms with Crippen molar-refractivity contribution in [3.8, 4) is 6.07 Å². The van der Waals surface area contributed by atoms with E-state index in [1.165, 1.54) is 32.1 Å². The molecule has 2 atom stereocenters. The second-order valence-corrected chi connectivity index (χ2v) is 4.41. The molecule has 0 bridgehead atoms. The van der Waals surface area contributed by atoms with Crippen LogP contribution in [0.4, 0.5) is 0 Å². The molecule has 2 heteroatoms. The first-order valence-corrected chi connectivity index (χ1v) is 5.86. The Morgan fingerprint density at radius 1 is 1.36 bits per heavy atom. The molecule has 1 saturated carbocycles. The summed E-state index contributed by atoms with van der Waals surface area (Å²) in [5, 5.41) is 8.56. The summed E-state index contributed by atoms with van der Waals surface area (Å²) in [6.07, 6.45) is 7.46. The predicted octanol–water partition coefficient (Wildman–Crippen LogP) is 2.80. The Kier molecular flexibility index (Phi) is 4.97. The van der Waals surface area contributed by atoms with Gasteiger partial charge in [-0.3, -0.25) is 0 Å². The Balaban J connectivity index is 2.42. The summed E-state index contributed by atoms with van der Waals surface area (Å²) in [6, 6.07) is 2.97. The summed E-state index contributed by atoms with van der Waals surface area (Å²) in [5.41, 5.74) is 0. The maximum absolute atomic E-state index is 8.56. The predicted molar refractivity (Wildman–Crippen MR) is 58.9 cm³/mol. The lowest BCUT2D eigenvalue weighted by molar-refractivity contribution is 0.129. The highest BCUT2D eigenvalue weighted by atomic mass is 15.1. The zero-order valence-electron chi connectivity index (χ0n) is 9.50. The Bertz CT molecular complexity index is 195. The van der Waals surface area contributed by atoms with Crippen LogP contribution in [-0.2, 0) is 0 Å². The summed E-state index contributed by atoms with van der Waals surface area (Å²) in [6.45, 7) is 3.23. The van der Waals surface area contributed by atoms with Gasteiger partial charge < -0.3 is 4.90 Å². The topological polar surface area (TPSA) is 27.0 Å². The van der Waals surface area contributed by atoms with Crippen molar-refractivity contribution in [2.24, 2.45) is 5.92 Å². The molecule has 80 valence electrons. The van der Waals surface area contributed by atoms with Crippen LogP contribution in [0.1, 0.15) is 45.4 Å². The summed E-state index contributed by atoms with van der Waals surface area (Å²) in [5.74, 6) is 0.868. The summed E-state index contributed by atoms with van der Waals surface area (Å²) in [7, 11) is 2.18. The van der Waals surface area contributed by atoms with Crippen LogP contribution < -0.4 is 0 Å². The monoisotopic (exact) mass is 194 g/mol. The molecule has 1 fully saturated rings. The van der Waals surface area contributed by atoms with Gasteiger partial charge >= 0.3 is 0 Å². The van der Waals surface area contributed by atoms with E-state index in [0.29, 0.717) is 6.42 Å². The standard InChI is InChI=1S/C12H22N2/c1-3-11-7-4-5-8-12(11)14(2)10-6-9-13/h11-12H,3-8,10H2,1-2H3. The summed E-state index contributed by atoms with van der Waals surface area (Å²) < 4.78 is 0. The van der Waals surface area contributed by atoms with Gasteiger partial charge in [-0.15, -0.1) is 0 Å². The second-order valence-electron chi connectivity index (χ2n) is 4.41. The molecule has 0 heterocycles. The van der Waals surface area contributed by atoms with Crippen molar-refractivity contribution in [3.05, 3.63) is 0 Å². The van der Waals surface area contributed by atoms with Gasteiger partial charge in [0.25, 0.3) is 0 Å². The van der Waals surface area contributed by atoms with Gasteiger partial charge in [-0.05, 0) is 25.8 Å². The first-order chi connectivity index (χ1) is 6.79. The van der Waals surface area contributed by atoms with E-state index in [9.17, 15) is 0 Å². The van der Waals surface area contributed by atoms with Crippen LogP contribution in [0.25, 0.3) is 0 Å². The number of nitrogens with zero attached hydrogens (tertiary/aromatic N) is 2. The van der Waals surface area contributed by atoms with Crippen LogP contribution in [-0.4, -0.2) is 24.5 Å². The molecule has 0 aromatic carbocycles. The average Bonchev–Trinajstić information content (AvgIpc) is 2.25. The fourth-order valence-corrected chi connectivity index (χ4v) is 2.64. The molecule has 0 aromatic heterocycles. The van der Waals surface area contributed by atoms with Crippen LogP contribution in [0, 0.1) is 17.2 Å². The highest BCUT2D eigenvalue weighted by Crippen LogP contribution is 2.29. The minimum absolute atomic E-state index is 0.670.